The zero-order valence-electron chi connectivity index (χ0n) is 14.0. The predicted molar refractivity (Wildman–Crippen MR) is 84.6 cm³/mol. The van der Waals surface area contributed by atoms with Gasteiger partial charge in [0.2, 0.25) is 0 Å². The van der Waals surface area contributed by atoms with Crippen LogP contribution in [0.3, 0.4) is 0 Å². The molecule has 0 unspecified atom stereocenters. The number of nitrogens with one attached hydrogen (secondary N) is 2. The molecular weight excluding hydrogens is 393 g/mol. The van der Waals surface area contributed by atoms with Gasteiger partial charge in [0, 0.05) is 18.7 Å². The molecule has 3 nitrogen and oxygen atoms in total. The zero-order chi connectivity index (χ0) is 20.7. The van der Waals surface area contributed by atoms with Gasteiger partial charge in [0.15, 0.2) is 6.04 Å². The molecule has 0 saturated carbocycles. The van der Waals surface area contributed by atoms with Crippen LogP contribution in [0.1, 0.15) is 38.7 Å². The Morgan fingerprint density at radius 2 is 1.64 bits per heavy atom. The van der Waals surface area contributed by atoms with Crippen molar-refractivity contribution in [2.75, 3.05) is 0 Å². The van der Waals surface area contributed by atoms with Crippen molar-refractivity contribution in [1.29, 1.82) is 0 Å². The van der Waals surface area contributed by atoms with Gasteiger partial charge in [-0.3, -0.25) is 4.79 Å². The molecule has 0 saturated heterocycles. The Kier molecular flexibility index (Phi) is 5.09. The van der Waals surface area contributed by atoms with Crippen LogP contribution in [0.5, 0.6) is 0 Å². The first kappa shape index (κ1) is 20.1. The molecule has 0 radical (unpaired) electrons. The normalized spacial score (nSPS) is 15.2. The van der Waals surface area contributed by atoms with E-state index < -0.39 is 41.2 Å². The van der Waals surface area contributed by atoms with E-state index >= 15 is 0 Å². The Balaban J connectivity index is 1.98. The van der Waals surface area contributed by atoms with Gasteiger partial charge in [-0.15, -0.1) is 0 Å². The summed E-state index contributed by atoms with van der Waals surface area (Å²) in [5.41, 5.74) is -1.60. The number of benzene rings is 2. The molecule has 28 heavy (non-hydrogen) atoms. The fraction of sp³-hybridized carbons (Fsp3) is 0.278. The summed E-state index contributed by atoms with van der Waals surface area (Å²) in [5.74, 6) is -2.52. The number of hydrogen-bond acceptors (Lipinski definition) is 2. The molecular formula is C18H13F7N2O. The molecule has 150 valence electrons. The maximum Gasteiger partial charge on any atom is 0.416 e. The Bertz CT molecular complexity index is 906. The second-order valence-electron chi connectivity index (χ2n) is 6.26. The van der Waals surface area contributed by atoms with Crippen LogP contribution in [0.2, 0.25) is 0 Å². The smallest absolute Gasteiger partial charge is 0.337 e. The fourth-order valence-electron chi connectivity index (χ4n) is 3.01. The van der Waals surface area contributed by atoms with Crippen LogP contribution in [0, 0.1) is 5.82 Å². The van der Waals surface area contributed by atoms with E-state index in [-0.39, 0.29) is 11.6 Å². The van der Waals surface area contributed by atoms with Crippen LogP contribution < -0.4 is 10.6 Å². The van der Waals surface area contributed by atoms with Crippen molar-refractivity contribution < 1.29 is 35.5 Å². The van der Waals surface area contributed by atoms with Gasteiger partial charge in [0.05, 0.1) is 5.56 Å². The van der Waals surface area contributed by atoms with Gasteiger partial charge < -0.3 is 10.6 Å². The number of alkyl halides is 6. The molecule has 2 N–H and O–H groups in total. The minimum absolute atomic E-state index is 0.0265. The van der Waals surface area contributed by atoms with E-state index in [1.165, 1.54) is 12.1 Å². The number of halogens is 7. The maximum atomic E-state index is 13.5. The molecule has 0 aromatic heterocycles. The van der Waals surface area contributed by atoms with Crippen LogP contribution >= 0.6 is 0 Å². The molecule has 3 rings (SSSR count). The fourth-order valence-corrected chi connectivity index (χ4v) is 3.01. The highest BCUT2D eigenvalue weighted by atomic mass is 19.4. The lowest BCUT2D eigenvalue weighted by Gasteiger charge is -2.25. The SMILES string of the molecule is O=C(N[C@H](c1ccc(F)cc1C(F)(F)F)C(F)(F)F)c1ccc2c(c1)CNC2. The summed E-state index contributed by atoms with van der Waals surface area (Å²) < 4.78 is 93.1. The third-order valence-corrected chi connectivity index (χ3v) is 4.33. The summed E-state index contributed by atoms with van der Waals surface area (Å²) in [7, 11) is 0. The van der Waals surface area contributed by atoms with Gasteiger partial charge >= 0.3 is 12.4 Å². The van der Waals surface area contributed by atoms with E-state index in [9.17, 15) is 35.5 Å². The zero-order valence-corrected chi connectivity index (χ0v) is 14.0. The highest BCUT2D eigenvalue weighted by molar-refractivity contribution is 5.94. The minimum Gasteiger partial charge on any atom is -0.337 e. The van der Waals surface area contributed by atoms with E-state index in [2.05, 4.69) is 5.32 Å². The molecule has 0 aliphatic carbocycles. The predicted octanol–water partition coefficient (Wildman–Crippen LogP) is 4.48. The Labute approximate surface area is 154 Å². The van der Waals surface area contributed by atoms with Crippen LogP contribution in [0.25, 0.3) is 0 Å². The largest absolute Gasteiger partial charge is 0.416 e. The molecule has 1 aliphatic rings. The first-order valence-electron chi connectivity index (χ1n) is 8.03. The number of rotatable bonds is 3. The highest BCUT2D eigenvalue weighted by Gasteiger charge is 2.46. The summed E-state index contributed by atoms with van der Waals surface area (Å²) in [6.07, 6.45) is -10.5. The number of fused-ring (bicyclic) bond motifs is 1. The minimum atomic E-state index is -5.23. The van der Waals surface area contributed by atoms with Gasteiger partial charge in [-0.25, -0.2) is 4.39 Å². The number of carbonyl (C=O) groups excluding carboxylic acids is 1. The molecule has 0 bridgehead atoms. The number of carbonyl (C=O) groups is 1. The van der Waals surface area contributed by atoms with Crippen molar-refractivity contribution in [2.45, 2.75) is 31.5 Å². The van der Waals surface area contributed by atoms with Crippen molar-refractivity contribution in [1.82, 2.24) is 10.6 Å². The van der Waals surface area contributed by atoms with Gasteiger partial charge in [-0.1, -0.05) is 12.1 Å². The van der Waals surface area contributed by atoms with Gasteiger partial charge in [-0.2, -0.15) is 26.3 Å². The van der Waals surface area contributed by atoms with Crippen molar-refractivity contribution in [2.24, 2.45) is 0 Å². The van der Waals surface area contributed by atoms with E-state index in [1.54, 1.807) is 11.4 Å². The molecule has 2 aromatic rings. The lowest BCUT2D eigenvalue weighted by molar-refractivity contribution is -0.160. The van der Waals surface area contributed by atoms with Crippen molar-refractivity contribution in [3.63, 3.8) is 0 Å². The molecule has 1 amide bonds. The first-order chi connectivity index (χ1) is 13.0. The van der Waals surface area contributed by atoms with Crippen LogP contribution in [-0.2, 0) is 19.3 Å². The highest BCUT2D eigenvalue weighted by Crippen LogP contribution is 2.41. The topological polar surface area (TPSA) is 41.1 Å². The second kappa shape index (κ2) is 7.08. The quantitative estimate of drug-likeness (QED) is 0.738. The number of amides is 1. The van der Waals surface area contributed by atoms with E-state index in [0.717, 1.165) is 5.56 Å². The summed E-state index contributed by atoms with van der Waals surface area (Å²) in [6.45, 7) is 0.974. The maximum absolute atomic E-state index is 13.5. The average molecular weight is 406 g/mol. The molecule has 2 aromatic carbocycles. The molecule has 1 atom stereocenters. The third kappa shape index (κ3) is 4.11. The van der Waals surface area contributed by atoms with E-state index in [1.807, 2.05) is 0 Å². The van der Waals surface area contributed by atoms with Crippen LogP contribution in [-0.4, -0.2) is 12.1 Å². The van der Waals surface area contributed by atoms with Crippen molar-refractivity contribution >= 4 is 5.91 Å². The Morgan fingerprint density at radius 3 is 2.29 bits per heavy atom. The van der Waals surface area contributed by atoms with Crippen LogP contribution in [0.4, 0.5) is 30.7 Å². The summed E-state index contributed by atoms with van der Waals surface area (Å²) in [4.78, 5) is 12.3. The first-order valence-corrected chi connectivity index (χ1v) is 8.03. The average Bonchev–Trinajstić information content (AvgIpc) is 3.05. The van der Waals surface area contributed by atoms with E-state index in [0.29, 0.717) is 30.8 Å². The van der Waals surface area contributed by atoms with Gasteiger partial charge in [0.1, 0.15) is 5.82 Å². The van der Waals surface area contributed by atoms with Crippen molar-refractivity contribution in [3.05, 3.63) is 70.0 Å². The second-order valence-corrected chi connectivity index (χ2v) is 6.26. The standard InChI is InChI=1S/C18H13F7N2O/c19-12-3-4-13(14(6-12)17(20,21)22)15(18(23,24)25)27-16(28)9-1-2-10-7-26-8-11(10)5-9/h1-6,15,26H,7-8H2,(H,27,28)/t15-/m1/s1. The summed E-state index contributed by atoms with van der Waals surface area (Å²) >= 11 is 0. The summed E-state index contributed by atoms with van der Waals surface area (Å²) in [5, 5.41) is 4.61. The summed E-state index contributed by atoms with van der Waals surface area (Å²) in [6, 6.07) is 2.12. The van der Waals surface area contributed by atoms with Gasteiger partial charge in [-0.05, 0) is 41.0 Å². The molecule has 0 spiro atoms. The van der Waals surface area contributed by atoms with Crippen molar-refractivity contribution in [3.8, 4) is 0 Å². The molecule has 0 fully saturated rings. The lowest BCUT2D eigenvalue weighted by Crippen LogP contribution is -2.39. The lowest BCUT2D eigenvalue weighted by atomic mass is 9.98. The number of hydrogen-bond donors (Lipinski definition) is 2. The Morgan fingerprint density at radius 1 is 0.964 bits per heavy atom. The Hall–Kier alpha value is -2.62. The van der Waals surface area contributed by atoms with Crippen LogP contribution in [0.15, 0.2) is 36.4 Å². The monoisotopic (exact) mass is 406 g/mol. The van der Waals surface area contributed by atoms with Gasteiger partial charge in [0.25, 0.3) is 5.91 Å². The molecule has 1 aliphatic heterocycles. The van der Waals surface area contributed by atoms with E-state index in [4.69, 9.17) is 0 Å². The molecule has 10 heteroatoms. The third-order valence-electron chi connectivity index (χ3n) is 4.33. The molecule has 1 heterocycles.